The third kappa shape index (κ3) is 2.15. The second kappa shape index (κ2) is 4.66. The molecule has 1 N–H and O–H groups in total. The Hall–Kier alpha value is -2.07. The van der Waals surface area contributed by atoms with Crippen molar-refractivity contribution in [1.29, 1.82) is 0 Å². The minimum Gasteiger partial charge on any atom is -0.478 e. The number of rotatable bonds is 2. The van der Waals surface area contributed by atoms with Crippen LogP contribution in [0, 0.1) is 0 Å². The van der Waals surface area contributed by atoms with Gasteiger partial charge in [0.25, 0.3) is 0 Å². The van der Waals surface area contributed by atoms with Crippen molar-refractivity contribution in [2.75, 3.05) is 7.11 Å². The number of hydrogen-bond acceptors (Lipinski definition) is 3. The predicted octanol–water partition coefficient (Wildman–Crippen LogP) is 2.98. The number of benzene rings is 2. The van der Waals surface area contributed by atoms with Crippen molar-refractivity contribution < 1.29 is 19.4 Å². The molecule has 0 aromatic heterocycles. The van der Waals surface area contributed by atoms with E-state index in [4.69, 9.17) is 16.7 Å². The maximum atomic E-state index is 11.5. The molecule has 0 saturated carbocycles. The average molecular weight is 265 g/mol. The topological polar surface area (TPSA) is 63.6 Å². The van der Waals surface area contributed by atoms with Gasteiger partial charge in [-0.15, -0.1) is 0 Å². The summed E-state index contributed by atoms with van der Waals surface area (Å²) in [6.45, 7) is 0. The van der Waals surface area contributed by atoms with Crippen molar-refractivity contribution in [2.45, 2.75) is 0 Å². The molecule has 0 heterocycles. The number of esters is 1. The molecule has 0 unspecified atom stereocenters. The summed E-state index contributed by atoms with van der Waals surface area (Å²) in [4.78, 5) is 22.7. The summed E-state index contributed by atoms with van der Waals surface area (Å²) in [7, 11) is 1.21. The summed E-state index contributed by atoms with van der Waals surface area (Å²) < 4.78 is 4.57. The Morgan fingerprint density at radius 2 is 1.78 bits per heavy atom. The molecule has 0 saturated heterocycles. The summed E-state index contributed by atoms with van der Waals surface area (Å²) in [6, 6.07) is 7.93. The highest BCUT2D eigenvalue weighted by molar-refractivity contribution is 6.31. The largest absolute Gasteiger partial charge is 0.478 e. The molecular weight excluding hydrogens is 256 g/mol. The Kier molecular flexibility index (Phi) is 3.21. The molecule has 2 aromatic rings. The van der Waals surface area contributed by atoms with Crippen LogP contribution in [0.1, 0.15) is 20.7 Å². The fourth-order valence-corrected chi connectivity index (χ4v) is 1.90. The number of aromatic carboxylic acids is 1. The van der Waals surface area contributed by atoms with Crippen LogP contribution in [0.3, 0.4) is 0 Å². The highest BCUT2D eigenvalue weighted by Crippen LogP contribution is 2.24. The minimum atomic E-state index is -1.18. The lowest BCUT2D eigenvalue weighted by atomic mass is 10.0. The SMILES string of the molecule is COC(=O)c1cc2ccc(Cl)cc2cc1C(=O)O. The molecule has 2 aromatic carbocycles. The van der Waals surface area contributed by atoms with Gasteiger partial charge >= 0.3 is 11.9 Å². The number of carboxylic acid groups (broad SMARTS) is 1. The van der Waals surface area contributed by atoms with E-state index in [0.717, 1.165) is 5.39 Å². The standard InChI is InChI=1S/C13H9ClO4/c1-18-13(17)11-5-7-2-3-9(14)4-8(7)6-10(11)12(15)16/h2-6H,1H3,(H,15,16). The van der Waals surface area contributed by atoms with Crippen LogP contribution in [0.15, 0.2) is 30.3 Å². The van der Waals surface area contributed by atoms with Gasteiger partial charge < -0.3 is 9.84 Å². The molecular formula is C13H9ClO4. The monoisotopic (exact) mass is 264 g/mol. The summed E-state index contributed by atoms with van der Waals surface area (Å²) in [6.07, 6.45) is 0. The zero-order chi connectivity index (χ0) is 13.3. The number of halogens is 1. The van der Waals surface area contributed by atoms with Crippen molar-refractivity contribution in [3.63, 3.8) is 0 Å². The molecule has 0 aliphatic rings. The fraction of sp³-hybridized carbons (Fsp3) is 0.0769. The molecule has 0 fully saturated rings. The molecule has 4 nitrogen and oxygen atoms in total. The van der Waals surface area contributed by atoms with Gasteiger partial charge in [-0.3, -0.25) is 0 Å². The quantitative estimate of drug-likeness (QED) is 0.847. The second-order valence-electron chi connectivity index (χ2n) is 3.69. The smallest absolute Gasteiger partial charge is 0.338 e. The van der Waals surface area contributed by atoms with Crippen LogP contribution in [-0.2, 0) is 4.74 Å². The van der Waals surface area contributed by atoms with Crippen molar-refractivity contribution in [3.8, 4) is 0 Å². The number of fused-ring (bicyclic) bond motifs is 1. The minimum absolute atomic E-state index is 0.0276. The van der Waals surface area contributed by atoms with E-state index in [-0.39, 0.29) is 11.1 Å². The zero-order valence-corrected chi connectivity index (χ0v) is 10.2. The normalized spacial score (nSPS) is 10.3. The highest BCUT2D eigenvalue weighted by atomic mass is 35.5. The van der Waals surface area contributed by atoms with Gasteiger partial charge in [-0.25, -0.2) is 9.59 Å². The van der Waals surface area contributed by atoms with Crippen LogP contribution >= 0.6 is 11.6 Å². The van der Waals surface area contributed by atoms with Gasteiger partial charge in [-0.1, -0.05) is 17.7 Å². The van der Waals surface area contributed by atoms with E-state index in [9.17, 15) is 9.59 Å². The Bertz CT molecular complexity index is 649. The van der Waals surface area contributed by atoms with Crippen molar-refractivity contribution in [2.24, 2.45) is 0 Å². The number of hydrogen-bond donors (Lipinski definition) is 1. The lowest BCUT2D eigenvalue weighted by molar-refractivity contribution is 0.0583. The van der Waals surface area contributed by atoms with Gasteiger partial charge in [0, 0.05) is 5.02 Å². The summed E-state index contributed by atoms with van der Waals surface area (Å²) in [5.74, 6) is -1.86. The maximum absolute atomic E-state index is 11.5. The molecule has 0 spiro atoms. The Morgan fingerprint density at radius 3 is 2.39 bits per heavy atom. The molecule has 0 atom stereocenters. The van der Waals surface area contributed by atoms with E-state index in [1.54, 1.807) is 18.2 Å². The van der Waals surface area contributed by atoms with E-state index >= 15 is 0 Å². The van der Waals surface area contributed by atoms with E-state index in [2.05, 4.69) is 4.74 Å². The summed E-state index contributed by atoms with van der Waals surface area (Å²) in [5, 5.41) is 11.0. The Morgan fingerprint density at radius 1 is 1.11 bits per heavy atom. The molecule has 0 aliphatic carbocycles. The van der Waals surface area contributed by atoms with E-state index in [0.29, 0.717) is 10.4 Å². The summed E-state index contributed by atoms with van der Waals surface area (Å²) in [5.41, 5.74) is -0.0727. The van der Waals surface area contributed by atoms with Crippen LogP contribution < -0.4 is 0 Å². The third-order valence-corrected chi connectivity index (χ3v) is 2.81. The molecule has 5 heteroatoms. The van der Waals surface area contributed by atoms with Gasteiger partial charge in [-0.05, 0) is 35.0 Å². The first kappa shape index (κ1) is 12.4. The van der Waals surface area contributed by atoms with Crippen LogP contribution in [0.25, 0.3) is 10.8 Å². The third-order valence-electron chi connectivity index (χ3n) is 2.57. The lowest BCUT2D eigenvalue weighted by Gasteiger charge is -2.07. The molecule has 18 heavy (non-hydrogen) atoms. The number of carbonyl (C=O) groups is 2. The molecule has 2 rings (SSSR count). The first-order chi connectivity index (χ1) is 8.52. The van der Waals surface area contributed by atoms with Gasteiger partial charge in [0.1, 0.15) is 0 Å². The summed E-state index contributed by atoms with van der Waals surface area (Å²) >= 11 is 5.84. The predicted molar refractivity (Wildman–Crippen MR) is 67.3 cm³/mol. The number of ether oxygens (including phenoxy) is 1. The van der Waals surface area contributed by atoms with Gasteiger partial charge in [-0.2, -0.15) is 0 Å². The second-order valence-corrected chi connectivity index (χ2v) is 4.12. The lowest BCUT2D eigenvalue weighted by Crippen LogP contribution is -2.10. The molecule has 92 valence electrons. The fourth-order valence-electron chi connectivity index (χ4n) is 1.72. The zero-order valence-electron chi connectivity index (χ0n) is 9.44. The van der Waals surface area contributed by atoms with Gasteiger partial charge in [0.2, 0.25) is 0 Å². The van der Waals surface area contributed by atoms with E-state index in [1.807, 2.05) is 0 Å². The first-order valence-corrected chi connectivity index (χ1v) is 5.45. The Labute approximate surface area is 108 Å². The van der Waals surface area contributed by atoms with Gasteiger partial charge in [0.15, 0.2) is 0 Å². The van der Waals surface area contributed by atoms with Crippen molar-refractivity contribution in [1.82, 2.24) is 0 Å². The number of carbonyl (C=O) groups excluding carboxylic acids is 1. The number of carboxylic acids is 1. The average Bonchev–Trinajstić information content (AvgIpc) is 2.36. The Balaban J connectivity index is 2.76. The maximum Gasteiger partial charge on any atom is 0.338 e. The molecule has 0 bridgehead atoms. The molecule has 0 radical (unpaired) electrons. The number of methoxy groups -OCH3 is 1. The van der Waals surface area contributed by atoms with Crippen molar-refractivity contribution in [3.05, 3.63) is 46.5 Å². The van der Waals surface area contributed by atoms with Crippen LogP contribution in [0.2, 0.25) is 5.02 Å². The first-order valence-electron chi connectivity index (χ1n) is 5.08. The van der Waals surface area contributed by atoms with Crippen LogP contribution in [-0.4, -0.2) is 24.2 Å². The van der Waals surface area contributed by atoms with Gasteiger partial charge in [0.05, 0.1) is 18.2 Å². The van der Waals surface area contributed by atoms with E-state index < -0.39 is 11.9 Å². The molecule has 0 aliphatic heterocycles. The van der Waals surface area contributed by atoms with Crippen LogP contribution in [0.4, 0.5) is 0 Å². The van der Waals surface area contributed by atoms with Crippen molar-refractivity contribution >= 4 is 34.3 Å². The van der Waals surface area contributed by atoms with Crippen LogP contribution in [0.5, 0.6) is 0 Å². The molecule has 0 amide bonds. The van der Waals surface area contributed by atoms with E-state index in [1.165, 1.54) is 19.2 Å². The highest BCUT2D eigenvalue weighted by Gasteiger charge is 2.18.